The molecular weight excluding hydrogens is 211 g/mol. The van der Waals surface area contributed by atoms with Crippen LogP contribution in [0.4, 0.5) is 4.39 Å². The standard InChI is InChI=1S/C12H15FO3/c1-12(2,3)8-4-6-9(7-5-8)16-10(13)11(14)15/h4-7,10H,1-3H3,(H,14,15). The Morgan fingerprint density at radius 3 is 2.19 bits per heavy atom. The minimum absolute atomic E-state index is 0.000441. The average molecular weight is 226 g/mol. The Labute approximate surface area is 93.9 Å². The highest BCUT2D eigenvalue weighted by Gasteiger charge is 2.18. The minimum atomic E-state index is -2.32. The van der Waals surface area contributed by atoms with Crippen molar-refractivity contribution in [3.05, 3.63) is 29.8 Å². The van der Waals surface area contributed by atoms with E-state index < -0.39 is 12.3 Å². The lowest BCUT2D eigenvalue weighted by atomic mass is 9.87. The van der Waals surface area contributed by atoms with E-state index in [-0.39, 0.29) is 11.2 Å². The van der Waals surface area contributed by atoms with Gasteiger partial charge in [-0.15, -0.1) is 0 Å². The Morgan fingerprint density at radius 2 is 1.81 bits per heavy atom. The first kappa shape index (κ1) is 12.5. The molecule has 4 heteroatoms. The molecule has 0 saturated heterocycles. The minimum Gasteiger partial charge on any atom is -0.476 e. The molecule has 0 aliphatic heterocycles. The lowest BCUT2D eigenvalue weighted by Crippen LogP contribution is -2.21. The molecule has 1 atom stereocenters. The molecule has 0 aliphatic carbocycles. The first-order chi connectivity index (χ1) is 7.30. The van der Waals surface area contributed by atoms with Crippen molar-refractivity contribution in [3.8, 4) is 5.75 Å². The number of hydrogen-bond acceptors (Lipinski definition) is 2. The van der Waals surface area contributed by atoms with Crippen LogP contribution in [0.5, 0.6) is 5.75 Å². The third-order valence-corrected chi connectivity index (χ3v) is 2.15. The van der Waals surface area contributed by atoms with Gasteiger partial charge in [-0.2, -0.15) is 4.39 Å². The number of carboxylic acid groups (broad SMARTS) is 1. The Kier molecular flexibility index (Phi) is 3.52. The summed E-state index contributed by atoms with van der Waals surface area (Å²) in [6.07, 6.45) is -2.32. The molecule has 1 aromatic carbocycles. The molecule has 1 rings (SSSR count). The van der Waals surface area contributed by atoms with Crippen molar-refractivity contribution in [1.29, 1.82) is 0 Å². The molecular formula is C12H15FO3. The van der Waals surface area contributed by atoms with Gasteiger partial charge in [-0.1, -0.05) is 32.9 Å². The Balaban J connectivity index is 2.76. The number of benzene rings is 1. The van der Waals surface area contributed by atoms with E-state index in [0.29, 0.717) is 0 Å². The van der Waals surface area contributed by atoms with Gasteiger partial charge in [-0.3, -0.25) is 0 Å². The third-order valence-electron chi connectivity index (χ3n) is 2.15. The van der Waals surface area contributed by atoms with Crippen LogP contribution < -0.4 is 4.74 Å². The van der Waals surface area contributed by atoms with Crippen LogP contribution in [-0.2, 0) is 10.2 Å². The van der Waals surface area contributed by atoms with Crippen LogP contribution in [-0.4, -0.2) is 17.4 Å². The highest BCUT2D eigenvalue weighted by Crippen LogP contribution is 2.24. The molecule has 0 amide bonds. The van der Waals surface area contributed by atoms with Crippen molar-refractivity contribution < 1.29 is 19.0 Å². The zero-order valence-corrected chi connectivity index (χ0v) is 9.53. The van der Waals surface area contributed by atoms with Crippen molar-refractivity contribution in [2.45, 2.75) is 32.5 Å². The van der Waals surface area contributed by atoms with Crippen molar-refractivity contribution in [3.63, 3.8) is 0 Å². The molecule has 0 saturated carbocycles. The molecule has 1 unspecified atom stereocenters. The summed E-state index contributed by atoms with van der Waals surface area (Å²) in [4.78, 5) is 10.2. The van der Waals surface area contributed by atoms with Gasteiger partial charge in [0.1, 0.15) is 5.75 Å². The Morgan fingerprint density at radius 1 is 1.31 bits per heavy atom. The first-order valence-electron chi connectivity index (χ1n) is 4.95. The molecule has 3 nitrogen and oxygen atoms in total. The molecule has 16 heavy (non-hydrogen) atoms. The number of carboxylic acids is 1. The molecule has 1 N–H and O–H groups in total. The van der Waals surface area contributed by atoms with Crippen LogP contribution in [0.1, 0.15) is 26.3 Å². The molecule has 1 aromatic rings. The summed E-state index contributed by atoms with van der Waals surface area (Å²) < 4.78 is 17.3. The quantitative estimate of drug-likeness (QED) is 0.862. The maximum absolute atomic E-state index is 12.7. The lowest BCUT2D eigenvalue weighted by molar-refractivity contribution is -0.153. The highest BCUT2D eigenvalue weighted by atomic mass is 19.1. The lowest BCUT2D eigenvalue weighted by Gasteiger charge is -2.19. The van der Waals surface area contributed by atoms with E-state index in [0.717, 1.165) is 5.56 Å². The largest absolute Gasteiger partial charge is 0.476 e. The topological polar surface area (TPSA) is 46.5 Å². The summed E-state index contributed by atoms with van der Waals surface area (Å²) in [6, 6.07) is 6.72. The van der Waals surface area contributed by atoms with E-state index in [1.807, 2.05) is 0 Å². The normalized spacial score (nSPS) is 13.2. The van der Waals surface area contributed by atoms with E-state index in [2.05, 4.69) is 25.5 Å². The summed E-state index contributed by atoms with van der Waals surface area (Å²) in [5, 5.41) is 8.33. The summed E-state index contributed by atoms with van der Waals surface area (Å²) >= 11 is 0. The van der Waals surface area contributed by atoms with Gasteiger partial charge in [-0.05, 0) is 23.1 Å². The number of ether oxygens (including phenoxy) is 1. The van der Waals surface area contributed by atoms with Gasteiger partial charge in [-0.25, -0.2) is 4.79 Å². The molecule has 0 aromatic heterocycles. The summed E-state index contributed by atoms with van der Waals surface area (Å²) in [5.74, 6) is -1.41. The Hall–Kier alpha value is -1.58. The highest BCUT2D eigenvalue weighted by molar-refractivity contribution is 5.70. The van der Waals surface area contributed by atoms with E-state index >= 15 is 0 Å². The van der Waals surface area contributed by atoms with Crippen molar-refractivity contribution in [2.24, 2.45) is 0 Å². The SMILES string of the molecule is CC(C)(C)c1ccc(OC(F)C(=O)O)cc1. The average Bonchev–Trinajstić information content (AvgIpc) is 2.17. The third kappa shape index (κ3) is 3.22. The number of aliphatic carboxylic acids is 1. The Bertz CT molecular complexity index is 365. The number of alkyl halides is 1. The van der Waals surface area contributed by atoms with Crippen molar-refractivity contribution >= 4 is 5.97 Å². The predicted molar refractivity (Wildman–Crippen MR) is 58.3 cm³/mol. The molecule has 0 heterocycles. The fourth-order valence-electron chi connectivity index (χ4n) is 1.20. The smallest absolute Gasteiger partial charge is 0.378 e. The molecule has 0 fully saturated rings. The van der Waals surface area contributed by atoms with Gasteiger partial charge in [0.2, 0.25) is 0 Å². The molecule has 88 valence electrons. The second-order valence-electron chi connectivity index (χ2n) is 4.55. The van der Waals surface area contributed by atoms with Crippen LogP contribution in [0.2, 0.25) is 0 Å². The van der Waals surface area contributed by atoms with Gasteiger partial charge in [0.15, 0.2) is 0 Å². The van der Waals surface area contributed by atoms with Gasteiger partial charge in [0, 0.05) is 0 Å². The van der Waals surface area contributed by atoms with E-state index in [1.54, 1.807) is 24.3 Å². The maximum atomic E-state index is 12.7. The number of halogens is 1. The number of carbonyl (C=O) groups is 1. The number of hydrogen-bond donors (Lipinski definition) is 1. The van der Waals surface area contributed by atoms with Crippen LogP contribution in [0.3, 0.4) is 0 Å². The van der Waals surface area contributed by atoms with E-state index in [4.69, 9.17) is 5.11 Å². The summed E-state index contributed by atoms with van der Waals surface area (Å²) in [7, 11) is 0. The zero-order chi connectivity index (χ0) is 12.3. The van der Waals surface area contributed by atoms with Crippen LogP contribution in [0.15, 0.2) is 24.3 Å². The van der Waals surface area contributed by atoms with Crippen molar-refractivity contribution in [2.75, 3.05) is 0 Å². The second kappa shape index (κ2) is 4.51. The second-order valence-corrected chi connectivity index (χ2v) is 4.55. The van der Waals surface area contributed by atoms with Gasteiger partial charge >= 0.3 is 12.3 Å². The zero-order valence-electron chi connectivity index (χ0n) is 9.53. The number of rotatable bonds is 3. The fourth-order valence-corrected chi connectivity index (χ4v) is 1.20. The summed E-state index contributed by atoms with van der Waals surface area (Å²) in [5.41, 5.74) is 1.08. The fraction of sp³-hybridized carbons (Fsp3) is 0.417. The van der Waals surface area contributed by atoms with E-state index in [9.17, 15) is 9.18 Å². The molecule has 0 radical (unpaired) electrons. The van der Waals surface area contributed by atoms with Gasteiger partial charge in [0.05, 0.1) is 0 Å². The van der Waals surface area contributed by atoms with E-state index in [1.165, 1.54) is 0 Å². The van der Waals surface area contributed by atoms with Crippen LogP contribution in [0, 0.1) is 0 Å². The van der Waals surface area contributed by atoms with Gasteiger partial charge in [0.25, 0.3) is 0 Å². The molecule has 0 aliphatic rings. The van der Waals surface area contributed by atoms with Gasteiger partial charge < -0.3 is 9.84 Å². The molecule has 0 spiro atoms. The predicted octanol–water partition coefficient (Wildman–Crippen LogP) is 2.74. The van der Waals surface area contributed by atoms with Crippen LogP contribution >= 0.6 is 0 Å². The van der Waals surface area contributed by atoms with Crippen LogP contribution in [0.25, 0.3) is 0 Å². The maximum Gasteiger partial charge on any atom is 0.378 e. The van der Waals surface area contributed by atoms with Crippen molar-refractivity contribution in [1.82, 2.24) is 0 Å². The summed E-state index contributed by atoms with van der Waals surface area (Å²) in [6.45, 7) is 6.16. The first-order valence-corrected chi connectivity index (χ1v) is 4.95. The monoisotopic (exact) mass is 226 g/mol. The molecule has 0 bridgehead atoms.